The molecule has 0 aromatic rings. The first kappa shape index (κ1) is 16.4. The van der Waals surface area contributed by atoms with Crippen molar-refractivity contribution in [2.45, 2.75) is 78.4 Å². The molecule has 0 saturated heterocycles. The standard InChI is InChI=1S/C14H29NO2/c1-7-9-11(10-8-2)12(16)15-13(3,4)14(5,6)17/h11,17H,7-10H2,1-6H3,(H,15,16). The maximum absolute atomic E-state index is 12.2. The first-order valence-electron chi connectivity index (χ1n) is 6.70. The number of rotatable bonds is 7. The fourth-order valence-corrected chi connectivity index (χ4v) is 1.67. The molecule has 1 amide bonds. The summed E-state index contributed by atoms with van der Waals surface area (Å²) >= 11 is 0. The quantitative estimate of drug-likeness (QED) is 0.722. The zero-order valence-corrected chi connectivity index (χ0v) is 12.3. The van der Waals surface area contributed by atoms with Crippen LogP contribution in [0.15, 0.2) is 0 Å². The van der Waals surface area contributed by atoms with Crippen molar-refractivity contribution < 1.29 is 9.90 Å². The molecule has 0 bridgehead atoms. The van der Waals surface area contributed by atoms with Gasteiger partial charge in [-0.3, -0.25) is 4.79 Å². The smallest absolute Gasteiger partial charge is 0.223 e. The second kappa shape index (κ2) is 6.39. The topological polar surface area (TPSA) is 49.3 Å². The molecule has 0 atom stereocenters. The fourth-order valence-electron chi connectivity index (χ4n) is 1.67. The largest absolute Gasteiger partial charge is 0.388 e. The molecule has 0 fully saturated rings. The molecule has 3 heteroatoms. The van der Waals surface area contributed by atoms with Gasteiger partial charge in [-0.1, -0.05) is 26.7 Å². The molecule has 0 unspecified atom stereocenters. The van der Waals surface area contributed by atoms with Gasteiger partial charge < -0.3 is 10.4 Å². The summed E-state index contributed by atoms with van der Waals surface area (Å²) in [6.45, 7) is 11.4. The number of aliphatic hydroxyl groups is 1. The molecule has 0 aliphatic carbocycles. The van der Waals surface area contributed by atoms with Gasteiger partial charge in [0.2, 0.25) is 5.91 Å². The first-order valence-corrected chi connectivity index (χ1v) is 6.70. The van der Waals surface area contributed by atoms with E-state index in [1.165, 1.54) is 0 Å². The second-order valence-electron chi connectivity index (χ2n) is 5.95. The van der Waals surface area contributed by atoms with Crippen LogP contribution in [-0.2, 0) is 4.79 Å². The van der Waals surface area contributed by atoms with Gasteiger partial charge in [0.05, 0.1) is 11.1 Å². The predicted molar refractivity (Wildman–Crippen MR) is 71.8 cm³/mol. The maximum Gasteiger partial charge on any atom is 0.223 e. The van der Waals surface area contributed by atoms with Crippen LogP contribution in [0.2, 0.25) is 0 Å². The van der Waals surface area contributed by atoms with Gasteiger partial charge in [0.25, 0.3) is 0 Å². The van der Waals surface area contributed by atoms with Crippen molar-refractivity contribution in [3.05, 3.63) is 0 Å². The zero-order chi connectivity index (χ0) is 13.7. The van der Waals surface area contributed by atoms with Gasteiger partial charge in [0, 0.05) is 5.92 Å². The number of hydrogen-bond acceptors (Lipinski definition) is 2. The van der Waals surface area contributed by atoms with Crippen LogP contribution in [-0.4, -0.2) is 22.2 Å². The van der Waals surface area contributed by atoms with E-state index in [1.807, 2.05) is 13.8 Å². The Balaban J connectivity index is 4.59. The van der Waals surface area contributed by atoms with Crippen molar-refractivity contribution in [2.24, 2.45) is 5.92 Å². The Hall–Kier alpha value is -0.570. The highest BCUT2D eigenvalue weighted by Crippen LogP contribution is 2.22. The summed E-state index contributed by atoms with van der Waals surface area (Å²) in [7, 11) is 0. The fraction of sp³-hybridized carbons (Fsp3) is 0.929. The predicted octanol–water partition coefficient (Wildman–Crippen LogP) is 2.87. The number of amides is 1. The Kier molecular flexibility index (Phi) is 6.17. The van der Waals surface area contributed by atoms with Crippen LogP contribution < -0.4 is 5.32 Å². The van der Waals surface area contributed by atoms with Gasteiger partial charge in [0.1, 0.15) is 0 Å². The minimum Gasteiger partial charge on any atom is -0.388 e. The highest BCUT2D eigenvalue weighted by Gasteiger charge is 2.37. The van der Waals surface area contributed by atoms with E-state index in [2.05, 4.69) is 19.2 Å². The Morgan fingerprint density at radius 2 is 1.53 bits per heavy atom. The summed E-state index contributed by atoms with van der Waals surface area (Å²) < 4.78 is 0. The number of carbonyl (C=O) groups is 1. The Labute approximate surface area is 106 Å². The van der Waals surface area contributed by atoms with Gasteiger partial charge in [0.15, 0.2) is 0 Å². The van der Waals surface area contributed by atoms with Gasteiger partial charge in [-0.2, -0.15) is 0 Å². The molecule has 102 valence electrons. The number of hydrogen-bond donors (Lipinski definition) is 2. The SMILES string of the molecule is CCCC(CCC)C(=O)NC(C)(C)C(C)(C)O. The summed E-state index contributed by atoms with van der Waals surface area (Å²) in [5, 5.41) is 13.0. The highest BCUT2D eigenvalue weighted by molar-refractivity contribution is 5.79. The van der Waals surface area contributed by atoms with Crippen molar-refractivity contribution in [1.82, 2.24) is 5.32 Å². The summed E-state index contributed by atoms with van der Waals surface area (Å²) in [6.07, 6.45) is 3.87. The summed E-state index contributed by atoms with van der Waals surface area (Å²) in [5.74, 6) is 0.146. The summed E-state index contributed by atoms with van der Waals surface area (Å²) in [4.78, 5) is 12.2. The van der Waals surface area contributed by atoms with Crippen molar-refractivity contribution >= 4 is 5.91 Å². The number of nitrogens with one attached hydrogen (secondary N) is 1. The van der Waals surface area contributed by atoms with Crippen LogP contribution in [0.1, 0.15) is 67.2 Å². The third-order valence-corrected chi connectivity index (χ3v) is 3.61. The molecule has 0 aliphatic heterocycles. The lowest BCUT2D eigenvalue weighted by atomic mass is 9.85. The van der Waals surface area contributed by atoms with E-state index in [-0.39, 0.29) is 11.8 Å². The third kappa shape index (κ3) is 5.07. The lowest BCUT2D eigenvalue weighted by Gasteiger charge is -2.39. The molecule has 3 nitrogen and oxygen atoms in total. The minimum atomic E-state index is -0.925. The lowest BCUT2D eigenvalue weighted by molar-refractivity contribution is -0.130. The van der Waals surface area contributed by atoms with Crippen LogP contribution in [0.5, 0.6) is 0 Å². The molecule has 2 N–H and O–H groups in total. The molecule has 0 saturated carbocycles. The molecule has 0 aromatic carbocycles. The lowest BCUT2D eigenvalue weighted by Crippen LogP contribution is -2.58. The first-order chi connectivity index (χ1) is 7.65. The molecule has 0 aliphatic rings. The molecule has 0 rings (SSSR count). The molecular weight excluding hydrogens is 214 g/mol. The number of carbonyl (C=O) groups excluding carboxylic acids is 1. The maximum atomic E-state index is 12.2. The highest BCUT2D eigenvalue weighted by atomic mass is 16.3. The van der Waals surface area contributed by atoms with Crippen LogP contribution in [0.25, 0.3) is 0 Å². The van der Waals surface area contributed by atoms with E-state index >= 15 is 0 Å². The van der Waals surface area contributed by atoms with Crippen molar-refractivity contribution in [3.8, 4) is 0 Å². The van der Waals surface area contributed by atoms with Gasteiger partial charge in [-0.05, 0) is 40.5 Å². The second-order valence-corrected chi connectivity index (χ2v) is 5.95. The average Bonchev–Trinajstić information content (AvgIpc) is 2.14. The van der Waals surface area contributed by atoms with E-state index in [0.29, 0.717) is 0 Å². The van der Waals surface area contributed by atoms with Crippen molar-refractivity contribution in [1.29, 1.82) is 0 Å². The molecule has 17 heavy (non-hydrogen) atoms. The molecule has 0 aromatic heterocycles. The molecule has 0 heterocycles. The van der Waals surface area contributed by atoms with E-state index in [9.17, 15) is 9.90 Å². The van der Waals surface area contributed by atoms with Gasteiger partial charge >= 0.3 is 0 Å². The minimum absolute atomic E-state index is 0.0702. The van der Waals surface area contributed by atoms with Crippen LogP contribution >= 0.6 is 0 Å². The van der Waals surface area contributed by atoms with Crippen LogP contribution in [0, 0.1) is 5.92 Å². The van der Waals surface area contributed by atoms with Gasteiger partial charge in [-0.15, -0.1) is 0 Å². The van der Waals surface area contributed by atoms with E-state index in [0.717, 1.165) is 25.7 Å². The Bertz CT molecular complexity index is 235. The van der Waals surface area contributed by atoms with E-state index in [4.69, 9.17) is 0 Å². The van der Waals surface area contributed by atoms with E-state index < -0.39 is 11.1 Å². The summed E-state index contributed by atoms with van der Waals surface area (Å²) in [6, 6.07) is 0. The van der Waals surface area contributed by atoms with E-state index in [1.54, 1.807) is 13.8 Å². The molecule has 0 spiro atoms. The summed E-state index contributed by atoms with van der Waals surface area (Å²) in [5.41, 5.74) is -1.53. The van der Waals surface area contributed by atoms with Crippen LogP contribution in [0.3, 0.4) is 0 Å². The van der Waals surface area contributed by atoms with Crippen molar-refractivity contribution in [3.63, 3.8) is 0 Å². The Morgan fingerprint density at radius 3 is 1.82 bits per heavy atom. The normalized spacial score (nSPS) is 12.9. The van der Waals surface area contributed by atoms with Crippen LogP contribution in [0.4, 0.5) is 0 Å². The third-order valence-electron chi connectivity index (χ3n) is 3.61. The molecular formula is C14H29NO2. The monoisotopic (exact) mass is 243 g/mol. The van der Waals surface area contributed by atoms with Crippen molar-refractivity contribution in [2.75, 3.05) is 0 Å². The molecule has 0 radical (unpaired) electrons. The Morgan fingerprint density at radius 1 is 1.12 bits per heavy atom. The van der Waals surface area contributed by atoms with Gasteiger partial charge in [-0.25, -0.2) is 0 Å². The average molecular weight is 243 g/mol. The zero-order valence-electron chi connectivity index (χ0n) is 12.3.